The van der Waals surface area contributed by atoms with Gasteiger partial charge < -0.3 is 15.4 Å². The molecule has 0 aliphatic carbocycles. The van der Waals surface area contributed by atoms with Gasteiger partial charge in [0.1, 0.15) is 0 Å². The molecule has 0 aromatic heterocycles. The quantitative estimate of drug-likeness (QED) is 0.0974. The summed E-state index contributed by atoms with van der Waals surface area (Å²) in [7, 11) is 0. The van der Waals surface area contributed by atoms with Gasteiger partial charge in [-0.1, -0.05) is 0 Å². The van der Waals surface area contributed by atoms with Crippen LogP contribution in [0.3, 0.4) is 0 Å². The van der Waals surface area contributed by atoms with E-state index in [-0.39, 0.29) is 6.92 Å². The molecule has 9 nitrogen and oxygen atoms in total. The summed E-state index contributed by atoms with van der Waals surface area (Å²) in [6.45, 7) is -7.86. The van der Waals surface area contributed by atoms with Crippen LogP contribution >= 0.6 is 0 Å². The number of rotatable bonds is 20. The zero-order chi connectivity index (χ0) is 45.4. The van der Waals surface area contributed by atoms with Crippen molar-refractivity contribution in [1.82, 2.24) is 10.6 Å². The Morgan fingerprint density at radius 1 is 0.446 bits per heavy atom. The van der Waals surface area contributed by atoms with Gasteiger partial charge in [-0.25, -0.2) is 8.78 Å². The summed E-state index contributed by atoms with van der Waals surface area (Å²) < 4.78 is 346. The summed E-state index contributed by atoms with van der Waals surface area (Å²) in [5.41, 5.74) is 0. The molecular weight excluding hydrogens is 879 g/mol. The van der Waals surface area contributed by atoms with Crippen LogP contribution in [0.2, 0.25) is 0 Å². The van der Waals surface area contributed by atoms with E-state index >= 15 is 0 Å². The molecule has 0 aromatic rings. The van der Waals surface area contributed by atoms with Gasteiger partial charge in [-0.15, -0.1) is 0 Å². The van der Waals surface area contributed by atoms with Gasteiger partial charge in [0.25, 0.3) is 17.7 Å². The molecule has 4 atom stereocenters. The molecular formula is C22H19F25N2O7. The first-order valence-corrected chi connectivity index (χ1v) is 13.3. The lowest BCUT2D eigenvalue weighted by molar-refractivity contribution is -0.537. The topological polar surface area (TPSA) is 104 Å². The molecule has 2 N–H and O–H groups in total. The highest BCUT2D eigenvalue weighted by Crippen LogP contribution is 2.55. The number of carbonyl (C=O) groups excluding carboxylic acids is 2. The monoisotopic (exact) mass is 898 g/mol. The molecule has 4 unspecified atom stereocenters. The van der Waals surface area contributed by atoms with Crippen LogP contribution in [0.15, 0.2) is 0 Å². The maximum atomic E-state index is 14.5. The molecule has 0 bridgehead atoms. The Hall–Kier alpha value is -3.01. The first-order valence-electron chi connectivity index (χ1n) is 13.3. The molecule has 34 heteroatoms. The Labute approximate surface area is 292 Å². The third kappa shape index (κ3) is 11.3. The maximum absolute atomic E-state index is 14.5. The maximum Gasteiger partial charge on any atom is 0.462 e. The molecule has 2 amide bonds. The van der Waals surface area contributed by atoms with Crippen molar-refractivity contribution in [3.05, 3.63) is 0 Å². The Morgan fingerprint density at radius 3 is 1.21 bits per heavy atom. The van der Waals surface area contributed by atoms with Crippen LogP contribution in [0.4, 0.5) is 110 Å². The SMILES string of the molecule is CC(F)(OC(F)(F)C(C)(F)OC(F)(F)C(F)(F)C(F)(F)F)C(=O)NCCOCCNC(=O)C(F)(OC(F)(F)C(F)(OC(F)(F)C(C)(F)F)C(F)(F)F)C(F)(F)F. The summed E-state index contributed by atoms with van der Waals surface area (Å²) in [5, 5.41) is 1.82. The largest absolute Gasteiger partial charge is 0.462 e. The molecule has 0 saturated heterocycles. The molecule has 0 aliphatic heterocycles. The standard InChI is InChI=1S/C22H19F25N2O7/c1-10(23,53-20(42,43)12(3,26)54-21(44,45)14(28,29)17(34,35)36)8(50)48-4-6-52-7-5-49-9(51)13(27,16(31,32)33)55-22(46,47)15(30,18(37,38)39)56-19(40,41)11(2,24)25/h4-7H2,1-3H3,(H,48,50)(H,49,51). The fourth-order valence-corrected chi connectivity index (χ4v) is 2.78. The molecule has 0 saturated carbocycles. The number of hydrogen-bond acceptors (Lipinski definition) is 7. The zero-order valence-electron chi connectivity index (χ0n) is 26.6. The third-order valence-electron chi connectivity index (χ3n) is 5.79. The van der Waals surface area contributed by atoms with Crippen molar-refractivity contribution in [2.75, 3.05) is 26.3 Å². The first-order chi connectivity index (χ1) is 24.1. The van der Waals surface area contributed by atoms with E-state index in [0.29, 0.717) is 5.32 Å². The highest BCUT2D eigenvalue weighted by molar-refractivity contribution is 5.84. The molecule has 0 spiro atoms. The summed E-state index contributed by atoms with van der Waals surface area (Å²) in [4.78, 5) is 23.4. The van der Waals surface area contributed by atoms with E-state index in [2.05, 4.69) is 14.2 Å². The van der Waals surface area contributed by atoms with E-state index in [1.54, 1.807) is 4.74 Å². The van der Waals surface area contributed by atoms with Gasteiger partial charge in [-0.05, 0) is 0 Å². The van der Waals surface area contributed by atoms with Gasteiger partial charge in [0.2, 0.25) is 0 Å². The van der Waals surface area contributed by atoms with Crippen molar-refractivity contribution >= 4 is 11.8 Å². The van der Waals surface area contributed by atoms with Crippen molar-refractivity contribution in [3.63, 3.8) is 0 Å². The van der Waals surface area contributed by atoms with Gasteiger partial charge in [-0.2, -0.15) is 101 Å². The van der Waals surface area contributed by atoms with Gasteiger partial charge in [0.05, 0.1) is 13.2 Å². The van der Waals surface area contributed by atoms with Crippen LogP contribution in [-0.4, -0.2) is 116 Å². The molecule has 0 rings (SSSR count). The van der Waals surface area contributed by atoms with Gasteiger partial charge in [0.15, 0.2) is 0 Å². The van der Waals surface area contributed by atoms with E-state index in [9.17, 15) is 119 Å². The van der Waals surface area contributed by atoms with E-state index in [0.717, 1.165) is 0 Å². The van der Waals surface area contributed by atoms with Crippen molar-refractivity contribution in [2.24, 2.45) is 0 Å². The molecule has 0 radical (unpaired) electrons. The van der Waals surface area contributed by atoms with Crippen molar-refractivity contribution in [1.29, 1.82) is 0 Å². The minimum atomic E-state index is -7.78. The Bertz CT molecular complexity index is 1360. The van der Waals surface area contributed by atoms with Crippen LogP contribution in [-0.2, 0) is 33.3 Å². The average Bonchev–Trinajstić information content (AvgIpc) is 2.92. The average molecular weight is 898 g/mol. The molecule has 0 aromatic carbocycles. The van der Waals surface area contributed by atoms with Gasteiger partial charge in [0, 0.05) is 33.9 Å². The molecule has 56 heavy (non-hydrogen) atoms. The summed E-state index contributed by atoms with van der Waals surface area (Å²) >= 11 is 0. The van der Waals surface area contributed by atoms with E-state index < -0.39 is 130 Å². The number of carbonyl (C=O) groups is 2. The predicted octanol–water partition coefficient (Wildman–Crippen LogP) is 7.35. The van der Waals surface area contributed by atoms with Crippen molar-refractivity contribution in [3.8, 4) is 0 Å². The van der Waals surface area contributed by atoms with Crippen LogP contribution in [0.1, 0.15) is 20.8 Å². The highest BCUT2D eigenvalue weighted by Gasteiger charge is 2.83. The number of nitrogens with one attached hydrogen (secondary N) is 2. The minimum absolute atomic E-state index is 0.390. The Balaban J connectivity index is 5.58. The third-order valence-corrected chi connectivity index (χ3v) is 5.79. The van der Waals surface area contributed by atoms with Crippen LogP contribution < -0.4 is 10.6 Å². The number of alkyl halides is 25. The fraction of sp³-hybridized carbons (Fsp3) is 0.909. The molecule has 0 aliphatic rings. The van der Waals surface area contributed by atoms with E-state index in [1.807, 2.05) is 4.74 Å². The summed E-state index contributed by atoms with van der Waals surface area (Å²) in [5.74, 6) is -44.6. The van der Waals surface area contributed by atoms with Crippen LogP contribution in [0.5, 0.6) is 0 Å². The summed E-state index contributed by atoms with van der Waals surface area (Å²) in [6, 6.07) is 0. The van der Waals surface area contributed by atoms with Crippen molar-refractivity contribution < 1.29 is 143 Å². The zero-order valence-corrected chi connectivity index (χ0v) is 26.6. The highest BCUT2D eigenvalue weighted by atomic mass is 19.4. The number of halogens is 25. The first kappa shape index (κ1) is 53.0. The van der Waals surface area contributed by atoms with Gasteiger partial charge >= 0.3 is 72.4 Å². The smallest absolute Gasteiger partial charge is 0.378 e. The number of hydrogen-bond donors (Lipinski definition) is 2. The summed E-state index contributed by atoms with van der Waals surface area (Å²) in [6.07, 6.45) is -50.5. The normalized spacial score (nSPS) is 19.0. The second-order valence-corrected chi connectivity index (χ2v) is 10.6. The van der Waals surface area contributed by atoms with Crippen molar-refractivity contribution in [2.45, 2.75) is 99.0 Å². The molecule has 334 valence electrons. The van der Waals surface area contributed by atoms with E-state index in [4.69, 9.17) is 0 Å². The minimum Gasteiger partial charge on any atom is -0.378 e. The Morgan fingerprint density at radius 2 is 0.857 bits per heavy atom. The number of ether oxygens (including phenoxy) is 5. The van der Waals surface area contributed by atoms with E-state index in [1.165, 1.54) is 5.32 Å². The predicted molar refractivity (Wildman–Crippen MR) is 121 cm³/mol. The Kier molecular flexibility index (Phi) is 15.1. The fourth-order valence-electron chi connectivity index (χ4n) is 2.78. The second-order valence-electron chi connectivity index (χ2n) is 10.6. The molecule has 0 heterocycles. The van der Waals surface area contributed by atoms with Gasteiger partial charge in [-0.3, -0.25) is 28.5 Å². The van der Waals surface area contributed by atoms with Crippen LogP contribution in [0, 0.1) is 0 Å². The lowest BCUT2D eigenvalue weighted by Crippen LogP contribution is -2.67. The lowest BCUT2D eigenvalue weighted by Gasteiger charge is -2.39. The second kappa shape index (κ2) is 16.0. The number of amides is 2. The lowest BCUT2D eigenvalue weighted by atomic mass is 10.2. The van der Waals surface area contributed by atoms with Crippen LogP contribution in [0.25, 0.3) is 0 Å². The molecule has 0 fully saturated rings.